The summed E-state index contributed by atoms with van der Waals surface area (Å²) in [4.78, 5) is 2.59. The summed E-state index contributed by atoms with van der Waals surface area (Å²) in [6.45, 7) is 3.68. The molecule has 0 aromatic heterocycles. The molecule has 4 nitrogen and oxygen atoms in total. The van der Waals surface area contributed by atoms with E-state index >= 15 is 0 Å². The Kier molecular flexibility index (Phi) is 8.17. The lowest BCUT2D eigenvalue weighted by molar-refractivity contribution is 0.226. The molecular weight excluding hydrogens is 458 g/mol. The quantitative estimate of drug-likeness (QED) is 0.281. The van der Waals surface area contributed by atoms with Crippen LogP contribution in [-0.4, -0.2) is 34.7 Å². The molecule has 35 heavy (non-hydrogen) atoms. The summed E-state index contributed by atoms with van der Waals surface area (Å²) in [5, 5.41) is 21.5. The highest BCUT2D eigenvalue weighted by Gasteiger charge is 2.14. The Morgan fingerprint density at radius 3 is 2.20 bits per heavy atom. The van der Waals surface area contributed by atoms with E-state index in [-0.39, 0.29) is 23.9 Å². The zero-order chi connectivity index (χ0) is 23.3. The van der Waals surface area contributed by atoms with Crippen LogP contribution in [0.3, 0.4) is 0 Å². The van der Waals surface area contributed by atoms with Gasteiger partial charge in [0.2, 0.25) is 0 Å². The van der Waals surface area contributed by atoms with Crippen LogP contribution in [0.5, 0.6) is 23.0 Å². The Labute approximate surface area is 213 Å². The zero-order valence-corrected chi connectivity index (χ0v) is 20.6. The molecular formula is C30H32ClNO3. The Bertz CT molecular complexity index is 1250. The highest BCUT2D eigenvalue weighted by atomic mass is 35.5. The number of phenolic OH excluding ortho intramolecular Hbond substituents is 2. The van der Waals surface area contributed by atoms with Gasteiger partial charge in [0.05, 0.1) is 0 Å². The summed E-state index contributed by atoms with van der Waals surface area (Å²) in [6, 6.07) is 24.8. The second kappa shape index (κ2) is 11.5. The van der Waals surface area contributed by atoms with Crippen molar-refractivity contribution in [1.82, 2.24) is 4.90 Å². The number of phenols is 2. The van der Waals surface area contributed by atoms with E-state index in [4.69, 9.17) is 4.74 Å². The SMILES string of the molecule is Cl.Oc1ccc(-c2ccc3cc(O)ccc3c2Oc2ccc(CCCN3CCCCC3)cc2)cc1. The average molecular weight is 490 g/mol. The number of halogens is 1. The highest BCUT2D eigenvalue weighted by molar-refractivity contribution is 5.96. The van der Waals surface area contributed by atoms with Gasteiger partial charge in [-0.3, -0.25) is 0 Å². The van der Waals surface area contributed by atoms with Crippen molar-refractivity contribution in [3.05, 3.63) is 84.4 Å². The fourth-order valence-electron chi connectivity index (χ4n) is 4.80. The number of aromatic hydroxyl groups is 2. The summed E-state index contributed by atoms with van der Waals surface area (Å²) in [5.41, 5.74) is 3.21. The first-order chi connectivity index (χ1) is 16.7. The van der Waals surface area contributed by atoms with Gasteiger partial charge in [0, 0.05) is 10.9 Å². The number of aryl methyl sites for hydroxylation is 1. The smallest absolute Gasteiger partial charge is 0.143 e. The van der Waals surface area contributed by atoms with Crippen molar-refractivity contribution in [3.8, 4) is 34.1 Å². The third kappa shape index (κ3) is 6.08. The summed E-state index contributed by atoms with van der Waals surface area (Å²) in [7, 11) is 0. The second-order valence-corrected chi connectivity index (χ2v) is 9.15. The van der Waals surface area contributed by atoms with Crippen LogP contribution in [0.1, 0.15) is 31.2 Å². The third-order valence-corrected chi connectivity index (χ3v) is 6.66. The molecule has 0 bridgehead atoms. The molecule has 1 heterocycles. The Balaban J connectivity index is 0.00000289. The summed E-state index contributed by atoms with van der Waals surface area (Å²) < 4.78 is 6.45. The number of nitrogens with zero attached hydrogens (tertiary/aromatic N) is 1. The lowest BCUT2D eigenvalue weighted by Crippen LogP contribution is -2.30. The number of benzene rings is 4. The van der Waals surface area contributed by atoms with Crippen LogP contribution in [0.15, 0.2) is 78.9 Å². The number of fused-ring (bicyclic) bond motifs is 1. The Morgan fingerprint density at radius 1 is 0.743 bits per heavy atom. The van der Waals surface area contributed by atoms with E-state index in [1.165, 1.54) is 50.9 Å². The number of likely N-dealkylation sites (tertiary alicyclic amines) is 1. The summed E-state index contributed by atoms with van der Waals surface area (Å²) in [6.07, 6.45) is 6.31. The molecule has 0 radical (unpaired) electrons. The molecule has 0 atom stereocenters. The topological polar surface area (TPSA) is 52.9 Å². The van der Waals surface area contributed by atoms with Gasteiger partial charge in [-0.15, -0.1) is 12.4 Å². The molecule has 1 fully saturated rings. The monoisotopic (exact) mass is 489 g/mol. The van der Waals surface area contributed by atoms with Crippen molar-refractivity contribution in [3.63, 3.8) is 0 Å². The van der Waals surface area contributed by atoms with E-state index in [9.17, 15) is 10.2 Å². The lowest BCUT2D eigenvalue weighted by Gasteiger charge is -2.26. The van der Waals surface area contributed by atoms with Crippen LogP contribution in [0.4, 0.5) is 0 Å². The highest BCUT2D eigenvalue weighted by Crippen LogP contribution is 2.40. The molecule has 1 aliphatic heterocycles. The van der Waals surface area contributed by atoms with E-state index in [0.29, 0.717) is 0 Å². The fraction of sp³-hybridized carbons (Fsp3) is 0.267. The fourth-order valence-corrected chi connectivity index (χ4v) is 4.80. The summed E-state index contributed by atoms with van der Waals surface area (Å²) >= 11 is 0. The maximum atomic E-state index is 9.94. The van der Waals surface area contributed by atoms with Crippen LogP contribution >= 0.6 is 12.4 Å². The van der Waals surface area contributed by atoms with E-state index in [1.807, 2.05) is 42.5 Å². The maximum Gasteiger partial charge on any atom is 0.143 e. The average Bonchev–Trinajstić information content (AvgIpc) is 2.86. The van der Waals surface area contributed by atoms with Crippen molar-refractivity contribution in [2.45, 2.75) is 32.1 Å². The van der Waals surface area contributed by atoms with E-state index in [2.05, 4.69) is 17.0 Å². The van der Waals surface area contributed by atoms with Gasteiger partial charge in [0.25, 0.3) is 0 Å². The Morgan fingerprint density at radius 2 is 1.46 bits per heavy atom. The molecule has 0 spiro atoms. The van der Waals surface area contributed by atoms with Crippen LogP contribution in [0.2, 0.25) is 0 Å². The first-order valence-electron chi connectivity index (χ1n) is 12.2. The van der Waals surface area contributed by atoms with Gasteiger partial charge in [-0.2, -0.15) is 0 Å². The van der Waals surface area contributed by atoms with E-state index in [0.717, 1.165) is 39.8 Å². The molecule has 5 rings (SSSR count). The van der Waals surface area contributed by atoms with Crippen molar-refractivity contribution < 1.29 is 14.9 Å². The molecule has 0 unspecified atom stereocenters. The number of hydrogen-bond donors (Lipinski definition) is 2. The van der Waals surface area contributed by atoms with Crippen molar-refractivity contribution >= 4 is 23.2 Å². The van der Waals surface area contributed by atoms with E-state index in [1.54, 1.807) is 24.3 Å². The first kappa shape index (κ1) is 24.9. The number of ether oxygens (including phenoxy) is 1. The molecule has 1 aliphatic rings. The van der Waals surface area contributed by atoms with Gasteiger partial charge in [0.15, 0.2) is 0 Å². The molecule has 4 aromatic rings. The van der Waals surface area contributed by atoms with Gasteiger partial charge in [-0.05, 0) is 110 Å². The number of hydrogen-bond acceptors (Lipinski definition) is 4. The van der Waals surface area contributed by atoms with Crippen LogP contribution < -0.4 is 4.74 Å². The normalized spacial score (nSPS) is 13.9. The van der Waals surface area contributed by atoms with E-state index < -0.39 is 0 Å². The van der Waals surface area contributed by atoms with Gasteiger partial charge < -0.3 is 19.8 Å². The maximum absolute atomic E-state index is 9.94. The first-order valence-corrected chi connectivity index (χ1v) is 12.2. The molecule has 2 N–H and O–H groups in total. The molecule has 1 saturated heterocycles. The molecule has 0 saturated carbocycles. The molecule has 0 aliphatic carbocycles. The summed E-state index contributed by atoms with van der Waals surface area (Å²) in [5.74, 6) is 1.97. The standard InChI is InChI=1S/C30H31NO3.ClH/c32-25-11-8-23(9-12-25)28-16-10-24-21-26(33)13-17-29(24)30(28)34-27-14-6-22(7-15-27)5-4-20-31-18-2-1-3-19-31;/h6-17,21,32-33H,1-5,18-20H2;1H. The molecule has 5 heteroatoms. The van der Waals surface area contributed by atoms with Gasteiger partial charge in [0.1, 0.15) is 23.0 Å². The number of piperidine rings is 1. The molecule has 0 amide bonds. The van der Waals surface area contributed by atoms with Gasteiger partial charge in [-0.25, -0.2) is 0 Å². The van der Waals surface area contributed by atoms with Gasteiger partial charge in [-0.1, -0.05) is 36.8 Å². The predicted octanol–water partition coefficient (Wildman–Crippen LogP) is 7.55. The largest absolute Gasteiger partial charge is 0.508 e. The minimum atomic E-state index is 0. The van der Waals surface area contributed by atoms with Crippen LogP contribution in [0, 0.1) is 0 Å². The Hall–Kier alpha value is -3.21. The van der Waals surface area contributed by atoms with Crippen LogP contribution in [-0.2, 0) is 6.42 Å². The minimum absolute atomic E-state index is 0. The third-order valence-electron chi connectivity index (χ3n) is 6.66. The van der Waals surface area contributed by atoms with Crippen molar-refractivity contribution in [2.24, 2.45) is 0 Å². The predicted molar refractivity (Wildman–Crippen MR) is 145 cm³/mol. The molecule has 182 valence electrons. The van der Waals surface area contributed by atoms with Gasteiger partial charge >= 0.3 is 0 Å². The molecule has 4 aromatic carbocycles. The van der Waals surface area contributed by atoms with Crippen LogP contribution in [0.25, 0.3) is 21.9 Å². The zero-order valence-electron chi connectivity index (χ0n) is 19.8. The van der Waals surface area contributed by atoms with Crippen molar-refractivity contribution in [2.75, 3.05) is 19.6 Å². The number of rotatable bonds is 7. The second-order valence-electron chi connectivity index (χ2n) is 9.15. The minimum Gasteiger partial charge on any atom is -0.508 e. The lowest BCUT2D eigenvalue weighted by atomic mass is 9.99. The van der Waals surface area contributed by atoms with Crippen molar-refractivity contribution in [1.29, 1.82) is 0 Å².